The van der Waals surface area contributed by atoms with Crippen molar-refractivity contribution in [1.29, 1.82) is 0 Å². The number of rotatable bonds is 6. The highest BCUT2D eigenvalue weighted by Gasteiger charge is 1.99. The van der Waals surface area contributed by atoms with Crippen LogP contribution in [0.2, 0.25) is 0 Å². The maximum Gasteiger partial charge on any atom is 0.131 e. The number of H-pyrrole nitrogens is 1. The van der Waals surface area contributed by atoms with Crippen LogP contribution in [0.4, 0.5) is 5.82 Å². The van der Waals surface area contributed by atoms with Crippen LogP contribution in [0.15, 0.2) is 30.3 Å². The average molecular weight is 289 g/mol. The normalized spacial score (nSPS) is 10.3. The van der Waals surface area contributed by atoms with Gasteiger partial charge in [0.25, 0.3) is 0 Å². The first kappa shape index (κ1) is 14.5. The summed E-state index contributed by atoms with van der Waals surface area (Å²) in [6.07, 6.45) is 1.95. The molecule has 5 heteroatoms. The summed E-state index contributed by atoms with van der Waals surface area (Å²) in [6.45, 7) is 2.85. The average Bonchev–Trinajstić information content (AvgIpc) is 2.45. The summed E-state index contributed by atoms with van der Waals surface area (Å²) >= 11 is 5.18. The van der Waals surface area contributed by atoms with Crippen molar-refractivity contribution in [2.75, 3.05) is 12.4 Å². The van der Waals surface area contributed by atoms with Gasteiger partial charge in [0.15, 0.2) is 0 Å². The Morgan fingerprint density at radius 1 is 1.30 bits per heavy atom. The Kier molecular flexibility index (Phi) is 5.12. The molecule has 4 nitrogen and oxygen atoms in total. The van der Waals surface area contributed by atoms with Crippen LogP contribution in [-0.2, 0) is 13.0 Å². The van der Waals surface area contributed by atoms with Crippen LogP contribution in [0.5, 0.6) is 5.75 Å². The summed E-state index contributed by atoms with van der Waals surface area (Å²) in [5, 5.41) is 3.34. The van der Waals surface area contributed by atoms with E-state index < -0.39 is 0 Å². The van der Waals surface area contributed by atoms with Crippen molar-refractivity contribution in [3.8, 4) is 5.75 Å². The Morgan fingerprint density at radius 2 is 2.05 bits per heavy atom. The molecular weight excluding hydrogens is 270 g/mol. The van der Waals surface area contributed by atoms with E-state index in [4.69, 9.17) is 17.0 Å². The molecule has 2 rings (SSSR count). The zero-order valence-electron chi connectivity index (χ0n) is 11.8. The second-order valence-corrected chi connectivity index (χ2v) is 4.95. The molecule has 2 aromatic rings. The number of methoxy groups -OCH3 is 1. The Hall–Kier alpha value is -1.88. The molecule has 0 radical (unpaired) electrons. The smallest absolute Gasteiger partial charge is 0.131 e. The highest BCUT2D eigenvalue weighted by Crippen LogP contribution is 2.13. The molecule has 106 valence electrons. The summed E-state index contributed by atoms with van der Waals surface area (Å²) in [4.78, 5) is 7.57. The molecule has 0 saturated heterocycles. The van der Waals surface area contributed by atoms with Gasteiger partial charge in [-0.15, -0.1) is 0 Å². The molecule has 0 aliphatic carbocycles. The Balaban J connectivity index is 2.04. The van der Waals surface area contributed by atoms with Gasteiger partial charge >= 0.3 is 0 Å². The van der Waals surface area contributed by atoms with Crippen LogP contribution < -0.4 is 10.1 Å². The first-order valence-corrected chi connectivity index (χ1v) is 7.09. The van der Waals surface area contributed by atoms with Crippen molar-refractivity contribution in [3.05, 3.63) is 46.4 Å². The van der Waals surface area contributed by atoms with Crippen LogP contribution in [0.3, 0.4) is 0 Å². The van der Waals surface area contributed by atoms with E-state index in [1.807, 2.05) is 30.3 Å². The van der Waals surface area contributed by atoms with E-state index >= 15 is 0 Å². The first-order valence-electron chi connectivity index (χ1n) is 6.68. The van der Waals surface area contributed by atoms with Gasteiger partial charge in [-0.1, -0.05) is 31.3 Å². The minimum Gasteiger partial charge on any atom is -0.497 e. The minimum atomic E-state index is 0.615. The van der Waals surface area contributed by atoms with Gasteiger partial charge in [0.1, 0.15) is 22.0 Å². The summed E-state index contributed by atoms with van der Waals surface area (Å²) < 4.78 is 5.76. The standard InChI is InChI=1S/C15H19N3OS/c1-3-4-13-17-14(9-15(20)18-13)16-10-11-5-7-12(19-2)8-6-11/h5-9H,3-4,10H2,1-2H3,(H2,16,17,18,20). The number of anilines is 1. The molecule has 0 bridgehead atoms. The molecule has 0 unspecified atom stereocenters. The van der Waals surface area contributed by atoms with E-state index in [1.165, 1.54) is 5.56 Å². The van der Waals surface area contributed by atoms with E-state index in [2.05, 4.69) is 22.2 Å². The van der Waals surface area contributed by atoms with E-state index in [9.17, 15) is 0 Å². The summed E-state index contributed by atoms with van der Waals surface area (Å²) in [7, 11) is 1.67. The van der Waals surface area contributed by atoms with Crippen molar-refractivity contribution in [1.82, 2.24) is 9.97 Å². The SMILES string of the molecule is CCCc1nc(=S)cc(NCc2ccc(OC)cc2)[nH]1. The van der Waals surface area contributed by atoms with Crippen LogP contribution in [0.1, 0.15) is 24.7 Å². The maximum atomic E-state index is 5.18. The molecular formula is C15H19N3OS. The molecule has 1 aromatic carbocycles. The second-order valence-electron chi connectivity index (χ2n) is 4.53. The Labute approximate surface area is 124 Å². The number of hydrogen-bond donors (Lipinski definition) is 2. The first-order chi connectivity index (χ1) is 9.71. The number of hydrogen-bond acceptors (Lipinski definition) is 4. The minimum absolute atomic E-state index is 0.615. The molecule has 2 N–H and O–H groups in total. The largest absolute Gasteiger partial charge is 0.497 e. The number of aryl methyl sites for hydroxylation is 1. The van der Waals surface area contributed by atoms with Gasteiger partial charge < -0.3 is 15.0 Å². The molecule has 0 amide bonds. The number of nitrogens with one attached hydrogen (secondary N) is 2. The second kappa shape index (κ2) is 7.05. The zero-order valence-corrected chi connectivity index (χ0v) is 12.6. The topological polar surface area (TPSA) is 49.9 Å². The van der Waals surface area contributed by atoms with Gasteiger partial charge in [-0.2, -0.15) is 0 Å². The number of ether oxygens (including phenoxy) is 1. The highest BCUT2D eigenvalue weighted by atomic mass is 32.1. The van der Waals surface area contributed by atoms with Crippen LogP contribution in [-0.4, -0.2) is 17.1 Å². The van der Waals surface area contributed by atoms with E-state index in [-0.39, 0.29) is 0 Å². The quantitative estimate of drug-likeness (QED) is 0.796. The lowest BCUT2D eigenvalue weighted by Crippen LogP contribution is -2.04. The summed E-state index contributed by atoms with van der Waals surface area (Å²) in [6, 6.07) is 9.82. The maximum absolute atomic E-state index is 5.18. The van der Waals surface area contributed by atoms with Gasteiger partial charge in [0.2, 0.25) is 0 Å². The van der Waals surface area contributed by atoms with Crippen LogP contribution in [0, 0.1) is 4.64 Å². The fourth-order valence-electron chi connectivity index (χ4n) is 1.90. The molecule has 1 heterocycles. The predicted molar refractivity (Wildman–Crippen MR) is 83.7 cm³/mol. The number of benzene rings is 1. The fourth-order valence-corrected chi connectivity index (χ4v) is 2.13. The van der Waals surface area contributed by atoms with Crippen molar-refractivity contribution >= 4 is 18.0 Å². The third kappa shape index (κ3) is 4.06. The monoisotopic (exact) mass is 289 g/mol. The molecule has 0 aliphatic rings. The molecule has 1 aromatic heterocycles. The lowest BCUT2D eigenvalue weighted by Gasteiger charge is -2.09. The van der Waals surface area contributed by atoms with Gasteiger partial charge in [0.05, 0.1) is 7.11 Å². The van der Waals surface area contributed by atoms with Crippen molar-refractivity contribution in [3.63, 3.8) is 0 Å². The number of nitrogens with zero attached hydrogens (tertiary/aromatic N) is 1. The predicted octanol–water partition coefficient (Wildman–Crippen LogP) is 3.71. The third-order valence-electron chi connectivity index (χ3n) is 2.92. The van der Waals surface area contributed by atoms with Crippen molar-refractivity contribution < 1.29 is 4.74 Å². The Bertz CT molecular complexity index is 607. The van der Waals surface area contributed by atoms with Gasteiger partial charge in [-0.05, 0) is 24.1 Å². The highest BCUT2D eigenvalue weighted by molar-refractivity contribution is 7.71. The van der Waals surface area contributed by atoms with Gasteiger partial charge in [-0.25, -0.2) is 4.98 Å². The van der Waals surface area contributed by atoms with E-state index in [1.54, 1.807) is 7.11 Å². The van der Waals surface area contributed by atoms with Gasteiger partial charge in [-0.3, -0.25) is 0 Å². The molecule has 0 aliphatic heterocycles. The number of aromatic amines is 1. The molecule has 0 fully saturated rings. The van der Waals surface area contributed by atoms with Crippen molar-refractivity contribution in [2.24, 2.45) is 0 Å². The zero-order chi connectivity index (χ0) is 14.4. The van der Waals surface area contributed by atoms with Crippen LogP contribution in [0.25, 0.3) is 0 Å². The van der Waals surface area contributed by atoms with Gasteiger partial charge in [0, 0.05) is 19.0 Å². The summed E-state index contributed by atoms with van der Waals surface area (Å²) in [5.41, 5.74) is 1.18. The molecule has 0 spiro atoms. The fraction of sp³-hybridized carbons (Fsp3) is 0.333. The Morgan fingerprint density at radius 3 is 2.70 bits per heavy atom. The van der Waals surface area contributed by atoms with Crippen LogP contribution >= 0.6 is 12.2 Å². The van der Waals surface area contributed by atoms with E-state index in [0.29, 0.717) is 4.64 Å². The van der Waals surface area contributed by atoms with E-state index in [0.717, 1.165) is 36.8 Å². The molecule has 20 heavy (non-hydrogen) atoms. The molecule has 0 atom stereocenters. The lowest BCUT2D eigenvalue weighted by atomic mass is 10.2. The van der Waals surface area contributed by atoms with Crippen molar-refractivity contribution in [2.45, 2.75) is 26.3 Å². The number of aromatic nitrogens is 2. The molecule has 0 saturated carbocycles. The third-order valence-corrected chi connectivity index (χ3v) is 3.13. The summed E-state index contributed by atoms with van der Waals surface area (Å²) in [5.74, 6) is 2.70. The lowest BCUT2D eigenvalue weighted by molar-refractivity contribution is 0.414.